The summed E-state index contributed by atoms with van der Waals surface area (Å²) in [4.78, 5) is 10.6. The quantitative estimate of drug-likeness (QED) is 0.843. The largest absolute Gasteiger partial charge is 0.497 e. The van der Waals surface area contributed by atoms with Gasteiger partial charge < -0.3 is 20.3 Å². The third-order valence-electron chi connectivity index (χ3n) is 2.28. The highest BCUT2D eigenvalue weighted by Gasteiger charge is 2.19. The lowest BCUT2D eigenvalue weighted by Crippen LogP contribution is -2.16. The summed E-state index contributed by atoms with van der Waals surface area (Å²) in [5.41, 5.74) is 6.30. The number of hydrogen-bond donors (Lipinski definition) is 2. The van der Waals surface area contributed by atoms with Crippen molar-refractivity contribution in [1.82, 2.24) is 0 Å². The van der Waals surface area contributed by atoms with E-state index in [-0.39, 0.29) is 6.42 Å². The first kappa shape index (κ1) is 13.6. The molecule has 0 heterocycles. The number of rotatable bonds is 5. The monoisotopic (exact) mass is 259 g/mol. The van der Waals surface area contributed by atoms with Crippen LogP contribution in [0.15, 0.2) is 12.1 Å². The molecule has 0 fully saturated rings. The molecule has 6 heteroatoms. The number of benzene rings is 1. The molecule has 1 aromatic rings. The summed E-state index contributed by atoms with van der Waals surface area (Å²) in [6, 6.07) is 2.51. The summed E-state index contributed by atoms with van der Waals surface area (Å²) in [6.07, 6.45) is -0.208. The number of nitrogens with two attached hydrogens (primary N) is 1. The van der Waals surface area contributed by atoms with Crippen LogP contribution in [0.3, 0.4) is 0 Å². The fraction of sp³-hybridized carbons (Fsp3) is 0.364. The molecule has 0 spiro atoms. The predicted octanol–water partition coefficient (Wildman–Crippen LogP) is 1.83. The Kier molecular flexibility index (Phi) is 4.60. The van der Waals surface area contributed by atoms with Crippen LogP contribution in [0.25, 0.3) is 0 Å². The van der Waals surface area contributed by atoms with E-state index < -0.39 is 12.0 Å². The molecule has 0 aromatic heterocycles. The van der Waals surface area contributed by atoms with Gasteiger partial charge in [0, 0.05) is 17.7 Å². The average molecular weight is 260 g/mol. The zero-order chi connectivity index (χ0) is 13.0. The number of aliphatic carboxylic acids is 1. The molecule has 1 aromatic carbocycles. The Morgan fingerprint density at radius 1 is 1.47 bits per heavy atom. The number of ether oxygens (including phenoxy) is 2. The van der Waals surface area contributed by atoms with Crippen molar-refractivity contribution in [3.63, 3.8) is 0 Å². The van der Waals surface area contributed by atoms with Gasteiger partial charge >= 0.3 is 5.97 Å². The van der Waals surface area contributed by atoms with Gasteiger partial charge in [-0.1, -0.05) is 11.6 Å². The van der Waals surface area contributed by atoms with E-state index in [0.29, 0.717) is 22.1 Å². The predicted molar refractivity (Wildman–Crippen MR) is 63.7 cm³/mol. The number of halogens is 1. The van der Waals surface area contributed by atoms with E-state index in [1.54, 1.807) is 12.1 Å². The summed E-state index contributed by atoms with van der Waals surface area (Å²) in [5, 5.41) is 9.06. The van der Waals surface area contributed by atoms with E-state index in [0.717, 1.165) is 0 Å². The third-order valence-corrected chi connectivity index (χ3v) is 2.56. The Bertz CT molecular complexity index is 422. The van der Waals surface area contributed by atoms with Crippen molar-refractivity contribution in [2.75, 3.05) is 14.2 Å². The number of carboxylic acids is 1. The second kappa shape index (κ2) is 5.75. The maximum Gasteiger partial charge on any atom is 0.305 e. The van der Waals surface area contributed by atoms with Crippen LogP contribution in [0.2, 0.25) is 5.02 Å². The van der Waals surface area contributed by atoms with Gasteiger partial charge in [0.2, 0.25) is 0 Å². The first-order chi connectivity index (χ1) is 7.99. The van der Waals surface area contributed by atoms with E-state index >= 15 is 0 Å². The van der Waals surface area contributed by atoms with Crippen molar-refractivity contribution in [2.24, 2.45) is 5.73 Å². The summed E-state index contributed by atoms with van der Waals surface area (Å²) < 4.78 is 10.2. The lowest BCUT2D eigenvalue weighted by Gasteiger charge is -2.16. The van der Waals surface area contributed by atoms with E-state index in [9.17, 15) is 4.79 Å². The summed E-state index contributed by atoms with van der Waals surface area (Å²) in [5.74, 6) is -0.105. The molecule has 5 nitrogen and oxygen atoms in total. The van der Waals surface area contributed by atoms with Crippen LogP contribution in [0, 0.1) is 0 Å². The Hall–Kier alpha value is -1.46. The second-order valence-corrected chi connectivity index (χ2v) is 3.84. The zero-order valence-corrected chi connectivity index (χ0v) is 10.3. The Morgan fingerprint density at radius 3 is 2.59 bits per heavy atom. The highest BCUT2D eigenvalue weighted by molar-refractivity contribution is 6.32. The minimum absolute atomic E-state index is 0.208. The van der Waals surface area contributed by atoms with Gasteiger partial charge in [-0.05, 0) is 6.07 Å². The van der Waals surface area contributed by atoms with E-state index in [2.05, 4.69) is 0 Å². The molecule has 0 bridgehead atoms. The van der Waals surface area contributed by atoms with E-state index in [1.807, 2.05) is 0 Å². The van der Waals surface area contributed by atoms with Crippen molar-refractivity contribution in [2.45, 2.75) is 12.5 Å². The summed E-state index contributed by atoms with van der Waals surface area (Å²) in [6.45, 7) is 0. The Balaban J connectivity index is 3.18. The SMILES string of the molecule is COc1cc(Cl)c(OC)c(C(N)CC(=O)O)c1. The fourth-order valence-corrected chi connectivity index (χ4v) is 1.79. The van der Waals surface area contributed by atoms with Gasteiger partial charge in [-0.15, -0.1) is 0 Å². The van der Waals surface area contributed by atoms with Crippen LogP contribution in [0.5, 0.6) is 11.5 Å². The maximum atomic E-state index is 10.6. The summed E-state index contributed by atoms with van der Waals surface area (Å²) in [7, 11) is 2.94. The molecule has 0 aliphatic rings. The minimum atomic E-state index is -0.988. The van der Waals surface area contributed by atoms with Crippen molar-refractivity contribution < 1.29 is 19.4 Å². The molecule has 1 unspecified atom stereocenters. The second-order valence-electron chi connectivity index (χ2n) is 3.44. The standard InChI is InChI=1S/C11H14ClNO4/c1-16-6-3-7(9(13)5-10(14)15)11(17-2)8(12)4-6/h3-4,9H,5,13H2,1-2H3,(H,14,15). The average Bonchev–Trinajstić information content (AvgIpc) is 2.26. The van der Waals surface area contributed by atoms with Gasteiger partial charge in [0.1, 0.15) is 11.5 Å². The lowest BCUT2D eigenvalue weighted by atomic mass is 10.0. The van der Waals surface area contributed by atoms with E-state index in [4.69, 9.17) is 31.9 Å². The number of methoxy groups -OCH3 is 2. The van der Waals surface area contributed by atoms with Crippen LogP contribution in [-0.2, 0) is 4.79 Å². The van der Waals surface area contributed by atoms with Crippen LogP contribution in [0.1, 0.15) is 18.0 Å². The van der Waals surface area contributed by atoms with Gasteiger partial charge in [0.15, 0.2) is 0 Å². The smallest absolute Gasteiger partial charge is 0.305 e. The van der Waals surface area contributed by atoms with Gasteiger partial charge in [-0.25, -0.2) is 0 Å². The molecule has 3 N–H and O–H groups in total. The molecular weight excluding hydrogens is 246 g/mol. The van der Waals surface area contributed by atoms with Gasteiger partial charge in [-0.2, -0.15) is 0 Å². The van der Waals surface area contributed by atoms with E-state index in [1.165, 1.54) is 14.2 Å². The molecule has 0 radical (unpaired) electrons. The summed E-state index contributed by atoms with van der Waals surface area (Å²) >= 11 is 5.99. The van der Waals surface area contributed by atoms with Crippen molar-refractivity contribution >= 4 is 17.6 Å². The first-order valence-electron chi connectivity index (χ1n) is 4.88. The molecule has 0 saturated carbocycles. The van der Waals surface area contributed by atoms with Crippen LogP contribution < -0.4 is 15.2 Å². The van der Waals surface area contributed by atoms with Crippen LogP contribution >= 0.6 is 11.6 Å². The Labute approximate surface area is 104 Å². The molecule has 0 amide bonds. The van der Waals surface area contributed by atoms with Crippen molar-refractivity contribution in [1.29, 1.82) is 0 Å². The minimum Gasteiger partial charge on any atom is -0.497 e. The van der Waals surface area contributed by atoms with Gasteiger partial charge in [0.05, 0.1) is 25.7 Å². The van der Waals surface area contributed by atoms with Crippen LogP contribution in [0.4, 0.5) is 0 Å². The first-order valence-corrected chi connectivity index (χ1v) is 5.26. The molecule has 1 atom stereocenters. The molecule has 17 heavy (non-hydrogen) atoms. The molecule has 94 valence electrons. The highest BCUT2D eigenvalue weighted by Crippen LogP contribution is 2.36. The third kappa shape index (κ3) is 3.25. The van der Waals surface area contributed by atoms with Crippen LogP contribution in [-0.4, -0.2) is 25.3 Å². The zero-order valence-electron chi connectivity index (χ0n) is 9.57. The maximum absolute atomic E-state index is 10.6. The van der Waals surface area contributed by atoms with Gasteiger partial charge in [0.25, 0.3) is 0 Å². The number of carbonyl (C=O) groups is 1. The lowest BCUT2D eigenvalue weighted by molar-refractivity contribution is -0.137. The molecule has 0 saturated heterocycles. The van der Waals surface area contributed by atoms with Crippen molar-refractivity contribution in [3.8, 4) is 11.5 Å². The molecule has 1 rings (SSSR count). The Morgan fingerprint density at radius 2 is 2.12 bits per heavy atom. The fourth-order valence-electron chi connectivity index (χ4n) is 1.50. The number of carboxylic acid groups (broad SMARTS) is 1. The molecule has 0 aliphatic carbocycles. The van der Waals surface area contributed by atoms with Gasteiger partial charge in [-0.3, -0.25) is 4.79 Å². The topological polar surface area (TPSA) is 81.8 Å². The highest BCUT2D eigenvalue weighted by atomic mass is 35.5. The molecule has 0 aliphatic heterocycles. The molecular formula is C11H14ClNO4. The number of hydrogen-bond acceptors (Lipinski definition) is 4. The van der Waals surface area contributed by atoms with Crippen molar-refractivity contribution in [3.05, 3.63) is 22.7 Å². The normalized spacial score (nSPS) is 12.0.